The van der Waals surface area contributed by atoms with Crippen molar-refractivity contribution in [1.29, 1.82) is 0 Å². The van der Waals surface area contributed by atoms with Crippen molar-refractivity contribution in [2.75, 3.05) is 11.5 Å². The van der Waals surface area contributed by atoms with Crippen LogP contribution in [0.4, 0.5) is 10.1 Å². The molecule has 1 amide bonds. The molecule has 0 saturated carbocycles. The maximum Gasteiger partial charge on any atom is 0.218 e. The van der Waals surface area contributed by atoms with Gasteiger partial charge in [0.05, 0.1) is 0 Å². The molecule has 4 N–H and O–H groups in total. The smallest absolute Gasteiger partial charge is 0.218 e. The highest BCUT2D eigenvalue weighted by Crippen LogP contribution is 2.23. The molecule has 5 heteroatoms. The molecular formula is C9H11FN2OS. The first-order valence-electron chi connectivity index (χ1n) is 4.05. The number of benzene rings is 1. The van der Waals surface area contributed by atoms with Gasteiger partial charge in [0.1, 0.15) is 5.82 Å². The lowest BCUT2D eigenvalue weighted by Gasteiger charge is -2.02. The van der Waals surface area contributed by atoms with E-state index in [1.54, 1.807) is 12.1 Å². The van der Waals surface area contributed by atoms with Crippen LogP contribution in [0, 0.1) is 5.82 Å². The highest BCUT2D eigenvalue weighted by molar-refractivity contribution is 7.99. The molecule has 3 nitrogen and oxygen atoms in total. The number of amides is 1. The van der Waals surface area contributed by atoms with E-state index < -0.39 is 0 Å². The van der Waals surface area contributed by atoms with Crippen molar-refractivity contribution in [3.63, 3.8) is 0 Å². The molecule has 76 valence electrons. The van der Waals surface area contributed by atoms with E-state index in [0.29, 0.717) is 16.3 Å². The van der Waals surface area contributed by atoms with Crippen LogP contribution in [0.25, 0.3) is 0 Å². The average molecular weight is 214 g/mol. The first-order valence-corrected chi connectivity index (χ1v) is 5.04. The van der Waals surface area contributed by atoms with Gasteiger partial charge in [-0.15, -0.1) is 11.8 Å². The number of carbonyl (C=O) groups excluding carboxylic acids is 1. The van der Waals surface area contributed by atoms with Crippen LogP contribution >= 0.6 is 11.8 Å². The van der Waals surface area contributed by atoms with Gasteiger partial charge in [0.25, 0.3) is 0 Å². The summed E-state index contributed by atoms with van der Waals surface area (Å²) in [6, 6.07) is 4.47. The molecule has 0 aliphatic heterocycles. The summed E-state index contributed by atoms with van der Waals surface area (Å²) in [4.78, 5) is 10.9. The Morgan fingerprint density at radius 3 is 2.79 bits per heavy atom. The molecule has 1 rings (SSSR count). The number of hydrogen-bond donors (Lipinski definition) is 2. The van der Waals surface area contributed by atoms with E-state index >= 15 is 0 Å². The minimum absolute atomic E-state index is 0.245. The zero-order valence-corrected chi connectivity index (χ0v) is 8.31. The molecule has 0 bridgehead atoms. The summed E-state index contributed by atoms with van der Waals surface area (Å²) in [5, 5.41) is 0. The van der Waals surface area contributed by atoms with Crippen molar-refractivity contribution in [1.82, 2.24) is 0 Å². The molecule has 0 aliphatic rings. The molecule has 1 aromatic carbocycles. The summed E-state index contributed by atoms with van der Waals surface area (Å²) in [7, 11) is 0. The number of hydrogen-bond acceptors (Lipinski definition) is 3. The van der Waals surface area contributed by atoms with Crippen LogP contribution in [0.3, 0.4) is 0 Å². The monoisotopic (exact) mass is 214 g/mol. The lowest BCUT2D eigenvalue weighted by Crippen LogP contribution is -2.10. The molecule has 0 atom stereocenters. The fourth-order valence-corrected chi connectivity index (χ4v) is 1.78. The largest absolute Gasteiger partial charge is 0.399 e. The third-order valence-corrected chi connectivity index (χ3v) is 2.61. The van der Waals surface area contributed by atoms with Crippen molar-refractivity contribution >= 4 is 23.4 Å². The van der Waals surface area contributed by atoms with Crippen LogP contribution in [-0.2, 0) is 4.79 Å². The van der Waals surface area contributed by atoms with E-state index in [1.165, 1.54) is 17.8 Å². The van der Waals surface area contributed by atoms with Gasteiger partial charge in [0.2, 0.25) is 5.91 Å². The molecule has 0 unspecified atom stereocenters. The van der Waals surface area contributed by atoms with Crippen molar-refractivity contribution in [3.8, 4) is 0 Å². The fraction of sp³-hybridized carbons (Fsp3) is 0.222. The molecule has 0 fully saturated rings. The lowest BCUT2D eigenvalue weighted by atomic mass is 10.3. The first-order chi connectivity index (χ1) is 6.59. The van der Waals surface area contributed by atoms with E-state index in [0.717, 1.165) is 0 Å². The van der Waals surface area contributed by atoms with Gasteiger partial charge < -0.3 is 11.5 Å². The van der Waals surface area contributed by atoms with Crippen molar-refractivity contribution in [2.24, 2.45) is 5.73 Å². The van der Waals surface area contributed by atoms with E-state index in [9.17, 15) is 9.18 Å². The number of primary amides is 1. The summed E-state index contributed by atoms with van der Waals surface area (Å²) in [6.45, 7) is 0. The number of anilines is 1. The van der Waals surface area contributed by atoms with E-state index in [2.05, 4.69) is 0 Å². The standard InChI is InChI=1S/C9H11FN2OS/c10-7-5-6(11)1-2-8(7)14-4-3-9(12)13/h1-2,5H,3-4,11H2,(H2,12,13). The van der Waals surface area contributed by atoms with Crippen LogP contribution in [0.2, 0.25) is 0 Å². The Morgan fingerprint density at radius 1 is 1.50 bits per heavy atom. The fourth-order valence-electron chi connectivity index (χ4n) is 0.896. The molecule has 0 heterocycles. The van der Waals surface area contributed by atoms with Crippen molar-refractivity contribution in [2.45, 2.75) is 11.3 Å². The predicted molar refractivity (Wildman–Crippen MR) is 55.3 cm³/mol. The van der Waals surface area contributed by atoms with Gasteiger partial charge in [-0.05, 0) is 18.2 Å². The van der Waals surface area contributed by atoms with E-state index in [1.807, 2.05) is 0 Å². The van der Waals surface area contributed by atoms with Gasteiger partial charge in [-0.2, -0.15) is 0 Å². The molecule has 0 saturated heterocycles. The Labute approximate surface area is 85.7 Å². The number of carbonyl (C=O) groups is 1. The summed E-state index contributed by atoms with van der Waals surface area (Å²) < 4.78 is 13.2. The second-order valence-electron chi connectivity index (χ2n) is 2.75. The Balaban J connectivity index is 2.55. The second-order valence-corrected chi connectivity index (χ2v) is 3.89. The Kier molecular flexibility index (Phi) is 3.76. The molecule has 14 heavy (non-hydrogen) atoms. The lowest BCUT2D eigenvalue weighted by molar-refractivity contribution is -0.117. The van der Waals surface area contributed by atoms with Gasteiger partial charge >= 0.3 is 0 Å². The number of thioether (sulfide) groups is 1. The van der Waals surface area contributed by atoms with Crippen molar-refractivity contribution < 1.29 is 9.18 Å². The van der Waals surface area contributed by atoms with Gasteiger partial charge in [-0.25, -0.2) is 4.39 Å². The number of rotatable bonds is 4. The van der Waals surface area contributed by atoms with Crippen LogP contribution in [0.5, 0.6) is 0 Å². The van der Waals surface area contributed by atoms with Gasteiger partial charge in [-0.3, -0.25) is 4.79 Å². The third kappa shape index (κ3) is 3.26. The van der Waals surface area contributed by atoms with Crippen LogP contribution < -0.4 is 11.5 Å². The average Bonchev–Trinajstić information content (AvgIpc) is 2.08. The Bertz CT molecular complexity index is 344. The quantitative estimate of drug-likeness (QED) is 0.587. The summed E-state index contributed by atoms with van der Waals surface area (Å²) in [5.74, 6) is -0.260. The topological polar surface area (TPSA) is 69.1 Å². The molecule has 0 aromatic heterocycles. The van der Waals surface area contributed by atoms with E-state index in [-0.39, 0.29) is 18.1 Å². The third-order valence-electron chi connectivity index (χ3n) is 1.56. The zero-order valence-electron chi connectivity index (χ0n) is 7.50. The number of nitrogens with two attached hydrogens (primary N) is 2. The molecule has 0 radical (unpaired) electrons. The van der Waals surface area contributed by atoms with Crippen molar-refractivity contribution in [3.05, 3.63) is 24.0 Å². The number of nitrogen functional groups attached to an aromatic ring is 1. The minimum Gasteiger partial charge on any atom is -0.399 e. The maximum atomic E-state index is 13.2. The zero-order chi connectivity index (χ0) is 10.6. The van der Waals surface area contributed by atoms with Gasteiger partial charge in [0, 0.05) is 22.8 Å². The summed E-state index contributed by atoms with van der Waals surface area (Å²) >= 11 is 1.25. The van der Waals surface area contributed by atoms with Crippen LogP contribution in [-0.4, -0.2) is 11.7 Å². The molecule has 0 spiro atoms. The highest BCUT2D eigenvalue weighted by atomic mass is 32.2. The normalized spacial score (nSPS) is 10.1. The Hall–Kier alpha value is -1.23. The van der Waals surface area contributed by atoms with E-state index in [4.69, 9.17) is 11.5 Å². The maximum absolute atomic E-state index is 13.2. The van der Waals surface area contributed by atoms with Gasteiger partial charge in [-0.1, -0.05) is 0 Å². The second kappa shape index (κ2) is 4.85. The molecular weight excluding hydrogens is 203 g/mol. The molecule has 1 aromatic rings. The minimum atomic E-state index is -0.381. The van der Waals surface area contributed by atoms with Crippen LogP contribution in [0.15, 0.2) is 23.1 Å². The van der Waals surface area contributed by atoms with Gasteiger partial charge in [0.15, 0.2) is 0 Å². The highest BCUT2D eigenvalue weighted by Gasteiger charge is 2.03. The number of halogens is 1. The SMILES string of the molecule is NC(=O)CCSc1ccc(N)cc1F. The molecule has 0 aliphatic carbocycles. The first kappa shape index (κ1) is 10.8. The summed E-state index contributed by atoms with van der Waals surface area (Å²) in [5.41, 5.74) is 10.7. The predicted octanol–water partition coefficient (Wildman–Crippen LogP) is 1.38. The van der Waals surface area contributed by atoms with Crippen LogP contribution in [0.1, 0.15) is 6.42 Å². The summed E-state index contributed by atoms with van der Waals surface area (Å²) in [6.07, 6.45) is 0.245. The Morgan fingerprint density at radius 2 is 2.21 bits per heavy atom.